The smallest absolute Gasteiger partial charge is 0.317 e. The Balaban J connectivity index is 3.44. The maximum absolute atomic E-state index is 11.4. The Morgan fingerprint density at radius 2 is 0.511 bits per heavy atom. The number of aliphatic carboxylic acids is 1. The van der Waals surface area contributed by atoms with Crippen molar-refractivity contribution in [2.45, 2.75) is 245 Å². The van der Waals surface area contributed by atoms with Crippen molar-refractivity contribution in [1.29, 1.82) is 0 Å². The van der Waals surface area contributed by atoms with Gasteiger partial charge >= 0.3 is 5.97 Å². The van der Waals surface area contributed by atoms with Gasteiger partial charge in [0.15, 0.2) is 0 Å². The molecule has 0 aliphatic heterocycles. The highest BCUT2D eigenvalue weighted by molar-refractivity contribution is 5.69. The molecule has 270 valence electrons. The molecule has 0 aliphatic carbocycles. The van der Waals surface area contributed by atoms with Crippen LogP contribution in [-0.4, -0.2) is 35.6 Å². The Bertz CT molecular complexity index is 511. The quantitative estimate of drug-likeness (QED) is 0.0681. The van der Waals surface area contributed by atoms with Gasteiger partial charge in [-0.25, -0.2) is 0 Å². The molecule has 0 saturated heterocycles. The first-order chi connectivity index (χ1) is 22.2. The van der Waals surface area contributed by atoms with Crippen molar-refractivity contribution in [3.05, 3.63) is 0 Å². The summed E-state index contributed by atoms with van der Waals surface area (Å²) < 4.78 is 0. The first-order valence-corrected chi connectivity index (χ1v) is 21.1. The fourth-order valence-corrected chi connectivity index (χ4v) is 6.94. The van der Waals surface area contributed by atoms with Gasteiger partial charge in [0.05, 0.1) is 6.54 Å². The lowest BCUT2D eigenvalue weighted by molar-refractivity contribution is -0.138. The molecular weight excluding hydrogens is 550 g/mol. The predicted molar refractivity (Wildman–Crippen MR) is 202 cm³/mol. The minimum Gasteiger partial charge on any atom is -0.480 e. The SMILES string of the molecule is CCCCCCCCCCCCCCCCCCCCN(CCCCCCCCCCCCCCCCCCCC)CC(=O)O. The van der Waals surface area contributed by atoms with Gasteiger partial charge in [0, 0.05) is 0 Å². The third-order valence-corrected chi connectivity index (χ3v) is 10.0. The number of hydrogen-bond donors (Lipinski definition) is 1. The van der Waals surface area contributed by atoms with Crippen molar-refractivity contribution in [1.82, 2.24) is 4.90 Å². The van der Waals surface area contributed by atoms with E-state index in [4.69, 9.17) is 0 Å². The van der Waals surface area contributed by atoms with E-state index in [1.165, 1.54) is 218 Å². The number of carboxylic acids is 1. The monoisotopic (exact) mass is 636 g/mol. The number of hydrogen-bond acceptors (Lipinski definition) is 2. The molecule has 0 saturated carbocycles. The summed E-state index contributed by atoms with van der Waals surface area (Å²) in [7, 11) is 0. The van der Waals surface area contributed by atoms with Gasteiger partial charge in [0.1, 0.15) is 0 Å². The first kappa shape index (κ1) is 44.4. The highest BCUT2D eigenvalue weighted by Gasteiger charge is 2.09. The van der Waals surface area contributed by atoms with Crippen LogP contribution in [-0.2, 0) is 4.79 Å². The summed E-state index contributed by atoms with van der Waals surface area (Å²) in [6.45, 7) is 6.73. The molecule has 0 aromatic heterocycles. The molecule has 3 nitrogen and oxygen atoms in total. The van der Waals surface area contributed by atoms with Crippen LogP contribution in [0.15, 0.2) is 0 Å². The molecule has 0 aliphatic rings. The Hall–Kier alpha value is -0.570. The zero-order valence-corrected chi connectivity index (χ0v) is 31.4. The highest BCUT2D eigenvalue weighted by Crippen LogP contribution is 2.16. The highest BCUT2D eigenvalue weighted by atomic mass is 16.4. The van der Waals surface area contributed by atoms with E-state index in [0.29, 0.717) is 0 Å². The van der Waals surface area contributed by atoms with Crippen LogP contribution in [0.1, 0.15) is 245 Å². The van der Waals surface area contributed by atoms with Crippen LogP contribution < -0.4 is 0 Å². The van der Waals surface area contributed by atoms with Crippen LogP contribution >= 0.6 is 0 Å². The molecule has 3 heteroatoms. The summed E-state index contributed by atoms with van der Waals surface area (Å²) in [4.78, 5) is 13.5. The van der Waals surface area contributed by atoms with Gasteiger partial charge in [-0.05, 0) is 25.9 Å². The molecule has 0 spiro atoms. The fourth-order valence-electron chi connectivity index (χ4n) is 6.94. The summed E-state index contributed by atoms with van der Waals surface area (Å²) in [6, 6.07) is 0. The van der Waals surface area contributed by atoms with Gasteiger partial charge in [-0.3, -0.25) is 9.69 Å². The standard InChI is InChI=1S/C42H85NO2/c1-3-5-7-9-11-13-15-17-19-21-23-25-27-29-31-33-35-37-39-43(41-42(44)45)40-38-36-34-32-30-28-26-24-22-20-18-16-14-12-10-8-6-4-2/h3-41H2,1-2H3,(H,44,45). The lowest BCUT2D eigenvalue weighted by Crippen LogP contribution is -2.31. The Morgan fingerprint density at radius 3 is 0.689 bits per heavy atom. The number of unbranched alkanes of at least 4 members (excludes halogenated alkanes) is 34. The van der Waals surface area contributed by atoms with E-state index in [9.17, 15) is 9.90 Å². The van der Waals surface area contributed by atoms with Crippen LogP contribution in [0, 0.1) is 0 Å². The van der Waals surface area contributed by atoms with E-state index in [-0.39, 0.29) is 6.54 Å². The van der Waals surface area contributed by atoms with Gasteiger partial charge in [0.2, 0.25) is 0 Å². The van der Waals surface area contributed by atoms with Crippen molar-refractivity contribution in [2.24, 2.45) is 0 Å². The largest absolute Gasteiger partial charge is 0.480 e. The Morgan fingerprint density at radius 1 is 0.333 bits per heavy atom. The summed E-state index contributed by atoms with van der Waals surface area (Å²) in [6.07, 6.45) is 50.2. The van der Waals surface area contributed by atoms with Crippen LogP contribution in [0.2, 0.25) is 0 Å². The minimum absolute atomic E-state index is 0.220. The molecule has 0 radical (unpaired) electrons. The van der Waals surface area contributed by atoms with E-state index >= 15 is 0 Å². The summed E-state index contributed by atoms with van der Waals surface area (Å²) >= 11 is 0. The minimum atomic E-state index is -0.667. The second-order valence-electron chi connectivity index (χ2n) is 14.7. The average molecular weight is 636 g/mol. The van der Waals surface area contributed by atoms with Crippen LogP contribution in [0.5, 0.6) is 0 Å². The van der Waals surface area contributed by atoms with Crippen LogP contribution in [0.25, 0.3) is 0 Å². The third kappa shape index (κ3) is 39.5. The van der Waals surface area contributed by atoms with Gasteiger partial charge in [-0.1, -0.05) is 232 Å². The number of nitrogens with zero attached hydrogens (tertiary/aromatic N) is 1. The summed E-state index contributed by atoms with van der Waals surface area (Å²) in [5, 5.41) is 9.35. The zero-order valence-electron chi connectivity index (χ0n) is 31.4. The van der Waals surface area contributed by atoms with Crippen molar-refractivity contribution in [3.8, 4) is 0 Å². The predicted octanol–water partition coefficient (Wildman–Crippen LogP) is 14.5. The molecule has 45 heavy (non-hydrogen) atoms. The second-order valence-corrected chi connectivity index (χ2v) is 14.7. The van der Waals surface area contributed by atoms with Crippen molar-refractivity contribution in [2.75, 3.05) is 19.6 Å². The maximum Gasteiger partial charge on any atom is 0.317 e. The maximum atomic E-state index is 11.4. The molecule has 1 N–H and O–H groups in total. The molecule has 0 bridgehead atoms. The summed E-state index contributed by atoms with van der Waals surface area (Å²) in [5.41, 5.74) is 0. The molecule has 0 aromatic carbocycles. The second kappa shape index (κ2) is 39.6. The van der Waals surface area contributed by atoms with E-state index < -0.39 is 5.97 Å². The normalized spacial score (nSPS) is 11.6. The number of carboxylic acid groups (broad SMARTS) is 1. The molecule has 0 heterocycles. The van der Waals surface area contributed by atoms with Gasteiger partial charge in [0.25, 0.3) is 0 Å². The average Bonchev–Trinajstić information content (AvgIpc) is 3.03. The van der Waals surface area contributed by atoms with E-state index in [0.717, 1.165) is 25.9 Å². The molecule has 0 aromatic rings. The molecule has 0 atom stereocenters. The summed E-state index contributed by atoms with van der Waals surface area (Å²) in [5.74, 6) is -0.667. The Kier molecular flexibility index (Phi) is 39.1. The molecule has 0 fully saturated rings. The van der Waals surface area contributed by atoms with E-state index in [1.54, 1.807) is 0 Å². The first-order valence-electron chi connectivity index (χ1n) is 21.1. The van der Waals surface area contributed by atoms with E-state index in [1.807, 2.05) is 0 Å². The molecule has 0 unspecified atom stereocenters. The number of rotatable bonds is 40. The third-order valence-electron chi connectivity index (χ3n) is 10.0. The Labute approximate surface area is 284 Å². The number of carbonyl (C=O) groups is 1. The lowest BCUT2D eigenvalue weighted by Gasteiger charge is -2.20. The molecule has 0 amide bonds. The van der Waals surface area contributed by atoms with Crippen LogP contribution in [0.3, 0.4) is 0 Å². The van der Waals surface area contributed by atoms with Crippen LogP contribution in [0.4, 0.5) is 0 Å². The van der Waals surface area contributed by atoms with Gasteiger partial charge < -0.3 is 5.11 Å². The van der Waals surface area contributed by atoms with Gasteiger partial charge in [-0.15, -0.1) is 0 Å². The zero-order chi connectivity index (χ0) is 32.7. The van der Waals surface area contributed by atoms with Crippen molar-refractivity contribution in [3.63, 3.8) is 0 Å². The van der Waals surface area contributed by atoms with E-state index in [2.05, 4.69) is 18.7 Å². The molecular formula is C42H85NO2. The van der Waals surface area contributed by atoms with Gasteiger partial charge in [-0.2, -0.15) is 0 Å². The van der Waals surface area contributed by atoms with Crippen molar-refractivity contribution < 1.29 is 9.90 Å². The fraction of sp³-hybridized carbons (Fsp3) is 0.976. The molecule has 0 rings (SSSR count). The lowest BCUT2D eigenvalue weighted by atomic mass is 10.0. The topological polar surface area (TPSA) is 40.5 Å². The van der Waals surface area contributed by atoms with Crippen molar-refractivity contribution >= 4 is 5.97 Å².